The van der Waals surface area contributed by atoms with Crippen molar-refractivity contribution >= 4 is 23.2 Å². The highest BCUT2D eigenvalue weighted by Crippen LogP contribution is 2.32. The molecular formula is C16H23Cl2NO. The Morgan fingerprint density at radius 2 is 1.90 bits per heavy atom. The standard InChI is InChI=1S/C16H23Cl2NO/c1-12(2)11-19-8-6-16(20,7-9-19)10-13-4-3-5-14(17)15(13)18/h3-5,12,20H,6-11H2,1-2H3. The minimum atomic E-state index is -0.651. The summed E-state index contributed by atoms with van der Waals surface area (Å²) in [5, 5.41) is 11.9. The second-order valence-electron chi connectivity index (χ2n) is 6.31. The van der Waals surface area contributed by atoms with Gasteiger partial charge in [0.15, 0.2) is 0 Å². The molecule has 0 aliphatic carbocycles. The van der Waals surface area contributed by atoms with E-state index < -0.39 is 5.60 Å². The summed E-state index contributed by atoms with van der Waals surface area (Å²) in [4.78, 5) is 2.43. The van der Waals surface area contributed by atoms with Crippen molar-refractivity contribution in [2.24, 2.45) is 5.92 Å². The number of piperidine rings is 1. The average molecular weight is 316 g/mol. The number of benzene rings is 1. The van der Waals surface area contributed by atoms with Gasteiger partial charge in [0.2, 0.25) is 0 Å². The molecule has 1 fully saturated rings. The van der Waals surface area contributed by atoms with Crippen LogP contribution in [-0.4, -0.2) is 35.2 Å². The van der Waals surface area contributed by atoms with E-state index in [1.165, 1.54) is 0 Å². The molecule has 1 heterocycles. The minimum absolute atomic E-state index is 0.560. The van der Waals surface area contributed by atoms with Crippen molar-refractivity contribution in [3.8, 4) is 0 Å². The molecule has 2 rings (SSSR count). The number of aliphatic hydroxyl groups is 1. The highest BCUT2D eigenvalue weighted by atomic mass is 35.5. The van der Waals surface area contributed by atoms with E-state index in [1.54, 1.807) is 6.07 Å². The van der Waals surface area contributed by atoms with E-state index in [9.17, 15) is 5.11 Å². The van der Waals surface area contributed by atoms with Gasteiger partial charge in [0.05, 0.1) is 15.6 Å². The first-order chi connectivity index (χ1) is 9.39. The number of likely N-dealkylation sites (tertiary alicyclic amines) is 1. The molecule has 0 radical (unpaired) electrons. The van der Waals surface area contributed by atoms with Gasteiger partial charge in [0.25, 0.3) is 0 Å². The Balaban J connectivity index is 1.98. The van der Waals surface area contributed by atoms with Crippen LogP contribution in [0.3, 0.4) is 0 Å². The molecule has 2 nitrogen and oxygen atoms in total. The van der Waals surface area contributed by atoms with Crippen molar-refractivity contribution in [1.82, 2.24) is 4.90 Å². The first kappa shape index (κ1) is 16.1. The summed E-state index contributed by atoms with van der Waals surface area (Å²) < 4.78 is 0. The molecule has 112 valence electrons. The molecule has 0 bridgehead atoms. The van der Waals surface area contributed by atoms with Crippen LogP contribution in [0.15, 0.2) is 18.2 Å². The highest BCUT2D eigenvalue weighted by Gasteiger charge is 2.33. The SMILES string of the molecule is CC(C)CN1CCC(O)(Cc2cccc(Cl)c2Cl)CC1. The van der Waals surface area contributed by atoms with E-state index in [4.69, 9.17) is 23.2 Å². The Labute approximate surface area is 131 Å². The van der Waals surface area contributed by atoms with Crippen molar-refractivity contribution < 1.29 is 5.11 Å². The first-order valence-electron chi connectivity index (χ1n) is 7.27. The number of hydrogen-bond donors (Lipinski definition) is 1. The second-order valence-corrected chi connectivity index (χ2v) is 7.09. The molecule has 0 unspecified atom stereocenters. The molecule has 1 aromatic carbocycles. The van der Waals surface area contributed by atoms with E-state index in [0.29, 0.717) is 22.4 Å². The molecule has 0 atom stereocenters. The Kier molecular flexibility index (Phi) is 5.36. The van der Waals surface area contributed by atoms with Crippen molar-refractivity contribution in [1.29, 1.82) is 0 Å². The summed E-state index contributed by atoms with van der Waals surface area (Å²) in [5.74, 6) is 0.670. The van der Waals surface area contributed by atoms with Crippen LogP contribution in [0, 0.1) is 5.92 Å². The van der Waals surface area contributed by atoms with E-state index >= 15 is 0 Å². The summed E-state index contributed by atoms with van der Waals surface area (Å²) in [5.41, 5.74) is 0.293. The third kappa shape index (κ3) is 4.11. The van der Waals surface area contributed by atoms with E-state index in [2.05, 4.69) is 18.7 Å². The van der Waals surface area contributed by atoms with E-state index in [-0.39, 0.29) is 0 Å². The molecule has 0 aromatic heterocycles. The van der Waals surface area contributed by atoms with Gasteiger partial charge in [-0.3, -0.25) is 0 Å². The zero-order chi connectivity index (χ0) is 14.8. The lowest BCUT2D eigenvalue weighted by atomic mass is 9.85. The smallest absolute Gasteiger partial charge is 0.0712 e. The first-order valence-corrected chi connectivity index (χ1v) is 8.03. The molecule has 0 amide bonds. The van der Waals surface area contributed by atoms with Crippen molar-refractivity contribution in [3.05, 3.63) is 33.8 Å². The van der Waals surface area contributed by atoms with Crippen LogP contribution < -0.4 is 0 Å². The molecule has 4 heteroatoms. The third-order valence-corrected chi connectivity index (χ3v) is 4.82. The van der Waals surface area contributed by atoms with Gasteiger partial charge in [-0.2, -0.15) is 0 Å². The molecule has 1 aromatic rings. The quantitative estimate of drug-likeness (QED) is 0.907. The molecular weight excluding hydrogens is 293 g/mol. The summed E-state index contributed by atoms with van der Waals surface area (Å²) >= 11 is 12.3. The number of hydrogen-bond acceptors (Lipinski definition) is 2. The van der Waals surface area contributed by atoms with E-state index in [0.717, 1.165) is 38.0 Å². The zero-order valence-electron chi connectivity index (χ0n) is 12.2. The fraction of sp³-hybridized carbons (Fsp3) is 0.625. The van der Waals surface area contributed by atoms with Crippen LogP contribution in [0.4, 0.5) is 0 Å². The maximum absolute atomic E-state index is 10.8. The third-order valence-electron chi connectivity index (χ3n) is 3.96. The van der Waals surface area contributed by atoms with Crippen LogP contribution >= 0.6 is 23.2 Å². The normalized spacial score (nSPS) is 19.5. The average Bonchev–Trinajstić information content (AvgIpc) is 2.38. The topological polar surface area (TPSA) is 23.5 Å². The molecule has 1 aliphatic rings. The van der Waals surface area contributed by atoms with Crippen LogP contribution in [-0.2, 0) is 6.42 Å². The monoisotopic (exact) mass is 315 g/mol. The lowest BCUT2D eigenvalue weighted by Crippen LogP contribution is -2.46. The summed E-state index contributed by atoms with van der Waals surface area (Å²) in [6.07, 6.45) is 2.17. The number of halogens is 2. The van der Waals surface area contributed by atoms with Crippen molar-refractivity contribution in [2.75, 3.05) is 19.6 Å². The largest absolute Gasteiger partial charge is 0.389 e. The Morgan fingerprint density at radius 3 is 2.50 bits per heavy atom. The van der Waals surface area contributed by atoms with Gasteiger partial charge < -0.3 is 10.0 Å². The minimum Gasteiger partial charge on any atom is -0.389 e. The van der Waals surface area contributed by atoms with Gasteiger partial charge in [0, 0.05) is 26.1 Å². The summed E-state index contributed by atoms with van der Waals surface area (Å²) in [7, 11) is 0. The van der Waals surface area contributed by atoms with Gasteiger partial charge in [-0.1, -0.05) is 49.2 Å². The fourth-order valence-corrected chi connectivity index (χ4v) is 3.27. The van der Waals surface area contributed by atoms with Gasteiger partial charge in [-0.15, -0.1) is 0 Å². The molecule has 1 aliphatic heterocycles. The summed E-state index contributed by atoms with van der Waals surface area (Å²) in [6, 6.07) is 5.62. The lowest BCUT2D eigenvalue weighted by molar-refractivity contribution is -0.0227. The van der Waals surface area contributed by atoms with Crippen LogP contribution in [0.2, 0.25) is 10.0 Å². The number of nitrogens with zero attached hydrogens (tertiary/aromatic N) is 1. The fourth-order valence-electron chi connectivity index (χ4n) is 2.88. The van der Waals surface area contributed by atoms with Gasteiger partial charge in [0.1, 0.15) is 0 Å². The van der Waals surface area contributed by atoms with Crippen LogP contribution in [0.5, 0.6) is 0 Å². The predicted octanol–water partition coefficient (Wildman–Crippen LogP) is 4.02. The maximum Gasteiger partial charge on any atom is 0.0712 e. The van der Waals surface area contributed by atoms with Crippen LogP contribution in [0.25, 0.3) is 0 Å². The van der Waals surface area contributed by atoms with Crippen LogP contribution in [0.1, 0.15) is 32.3 Å². The van der Waals surface area contributed by atoms with Crippen molar-refractivity contribution in [3.63, 3.8) is 0 Å². The predicted molar refractivity (Wildman–Crippen MR) is 85.6 cm³/mol. The summed E-state index contributed by atoms with van der Waals surface area (Å²) in [6.45, 7) is 7.47. The van der Waals surface area contributed by atoms with Crippen molar-refractivity contribution in [2.45, 2.75) is 38.7 Å². The van der Waals surface area contributed by atoms with Gasteiger partial charge in [-0.25, -0.2) is 0 Å². The Morgan fingerprint density at radius 1 is 1.25 bits per heavy atom. The zero-order valence-corrected chi connectivity index (χ0v) is 13.7. The molecule has 20 heavy (non-hydrogen) atoms. The second kappa shape index (κ2) is 6.65. The maximum atomic E-state index is 10.8. The van der Waals surface area contributed by atoms with Gasteiger partial charge in [-0.05, 0) is 30.4 Å². The highest BCUT2D eigenvalue weighted by molar-refractivity contribution is 6.42. The molecule has 1 saturated heterocycles. The molecule has 0 saturated carbocycles. The molecule has 0 spiro atoms. The number of rotatable bonds is 4. The Hall–Kier alpha value is -0.280. The Bertz CT molecular complexity index is 454. The lowest BCUT2D eigenvalue weighted by Gasteiger charge is -2.39. The molecule has 1 N–H and O–H groups in total. The van der Waals surface area contributed by atoms with E-state index in [1.807, 2.05) is 12.1 Å². The van der Waals surface area contributed by atoms with Gasteiger partial charge >= 0.3 is 0 Å².